The van der Waals surface area contributed by atoms with Crippen molar-refractivity contribution in [1.82, 2.24) is 20.1 Å². The molecule has 1 aromatic heterocycles. The molecule has 1 aliphatic rings. The fraction of sp³-hybridized carbons (Fsp3) is 0.778. The highest BCUT2D eigenvalue weighted by molar-refractivity contribution is 7.98. The van der Waals surface area contributed by atoms with Crippen molar-refractivity contribution in [1.29, 1.82) is 0 Å². The molecule has 0 radical (unpaired) electrons. The van der Waals surface area contributed by atoms with Crippen LogP contribution in [0.2, 0.25) is 0 Å². The lowest BCUT2D eigenvalue weighted by molar-refractivity contribution is 0.345. The van der Waals surface area contributed by atoms with Crippen LogP contribution >= 0.6 is 11.8 Å². The van der Waals surface area contributed by atoms with Crippen molar-refractivity contribution >= 4 is 11.8 Å². The van der Waals surface area contributed by atoms with E-state index in [1.165, 1.54) is 12.8 Å². The monoisotopic (exact) mass is 212 g/mol. The Bertz CT molecular complexity index is 304. The Kier molecular flexibility index (Phi) is 3.08. The molecule has 0 aliphatic carbocycles. The first-order chi connectivity index (χ1) is 6.83. The van der Waals surface area contributed by atoms with E-state index in [0.29, 0.717) is 6.04 Å². The Morgan fingerprint density at radius 2 is 2.07 bits per heavy atom. The van der Waals surface area contributed by atoms with Gasteiger partial charge in [0.1, 0.15) is 5.82 Å². The molecule has 1 aromatic rings. The zero-order valence-corrected chi connectivity index (χ0v) is 9.47. The second kappa shape index (κ2) is 4.31. The summed E-state index contributed by atoms with van der Waals surface area (Å²) in [6.07, 6.45) is 4.43. The predicted molar refractivity (Wildman–Crippen MR) is 57.7 cm³/mol. The zero-order valence-electron chi connectivity index (χ0n) is 8.66. The molecule has 0 amide bonds. The van der Waals surface area contributed by atoms with Gasteiger partial charge in [0, 0.05) is 6.04 Å². The summed E-state index contributed by atoms with van der Waals surface area (Å²) >= 11 is 1.68. The van der Waals surface area contributed by atoms with Crippen molar-refractivity contribution in [3.8, 4) is 0 Å². The van der Waals surface area contributed by atoms with E-state index in [0.717, 1.165) is 24.1 Å². The first-order valence-corrected chi connectivity index (χ1v) is 6.21. The van der Waals surface area contributed by atoms with Crippen molar-refractivity contribution in [3.63, 3.8) is 0 Å². The van der Waals surface area contributed by atoms with Crippen LogP contribution in [0, 0.1) is 6.92 Å². The van der Waals surface area contributed by atoms with Crippen LogP contribution in [0.4, 0.5) is 0 Å². The van der Waals surface area contributed by atoms with Gasteiger partial charge in [-0.15, -0.1) is 10.2 Å². The molecule has 2 heterocycles. The number of piperidine rings is 1. The van der Waals surface area contributed by atoms with Crippen LogP contribution in [0.1, 0.15) is 24.7 Å². The molecule has 78 valence electrons. The number of thioether (sulfide) groups is 1. The van der Waals surface area contributed by atoms with Crippen LogP contribution in [-0.4, -0.2) is 34.1 Å². The Labute approximate surface area is 88.5 Å². The highest BCUT2D eigenvalue weighted by Gasteiger charge is 2.19. The first-order valence-electron chi connectivity index (χ1n) is 4.99. The molecule has 0 unspecified atom stereocenters. The standard InChI is InChI=1S/C9H16N4S/c1-7-11-12-9(14-2)13(7)8-3-5-10-6-4-8/h8,10H,3-6H2,1-2H3. The lowest BCUT2D eigenvalue weighted by Gasteiger charge is -2.25. The maximum Gasteiger partial charge on any atom is 0.191 e. The molecule has 2 rings (SSSR count). The Morgan fingerprint density at radius 3 is 2.71 bits per heavy atom. The molecule has 5 heteroatoms. The van der Waals surface area contributed by atoms with Gasteiger partial charge in [0.2, 0.25) is 0 Å². The molecule has 4 nitrogen and oxygen atoms in total. The van der Waals surface area contributed by atoms with Gasteiger partial charge in [-0.1, -0.05) is 11.8 Å². The van der Waals surface area contributed by atoms with Gasteiger partial charge in [-0.3, -0.25) is 0 Å². The molecule has 0 aromatic carbocycles. The molecule has 1 aliphatic heterocycles. The van der Waals surface area contributed by atoms with Crippen LogP contribution in [0.25, 0.3) is 0 Å². The number of rotatable bonds is 2. The third kappa shape index (κ3) is 1.79. The Balaban J connectivity index is 2.23. The first kappa shape index (κ1) is 9.98. The summed E-state index contributed by atoms with van der Waals surface area (Å²) in [5.74, 6) is 1.04. The quantitative estimate of drug-likeness (QED) is 0.749. The SMILES string of the molecule is CSc1nnc(C)n1C1CCNCC1. The van der Waals surface area contributed by atoms with E-state index in [-0.39, 0.29) is 0 Å². The molecular formula is C9H16N4S. The number of nitrogens with zero attached hydrogens (tertiary/aromatic N) is 3. The van der Waals surface area contributed by atoms with E-state index < -0.39 is 0 Å². The largest absolute Gasteiger partial charge is 0.317 e. The lowest BCUT2D eigenvalue weighted by atomic mass is 10.1. The van der Waals surface area contributed by atoms with Gasteiger partial charge in [0.05, 0.1) is 0 Å². The Morgan fingerprint density at radius 1 is 1.36 bits per heavy atom. The van der Waals surface area contributed by atoms with E-state index in [4.69, 9.17) is 0 Å². The third-order valence-corrected chi connectivity index (χ3v) is 3.33. The molecular weight excluding hydrogens is 196 g/mol. The van der Waals surface area contributed by atoms with E-state index in [2.05, 4.69) is 26.3 Å². The van der Waals surface area contributed by atoms with Crippen LogP contribution < -0.4 is 5.32 Å². The van der Waals surface area contributed by atoms with Gasteiger partial charge in [0.25, 0.3) is 0 Å². The minimum absolute atomic E-state index is 0.591. The van der Waals surface area contributed by atoms with Gasteiger partial charge in [-0.05, 0) is 39.1 Å². The van der Waals surface area contributed by atoms with Gasteiger partial charge in [-0.25, -0.2) is 0 Å². The van der Waals surface area contributed by atoms with Crippen molar-refractivity contribution < 1.29 is 0 Å². The summed E-state index contributed by atoms with van der Waals surface area (Å²) in [6, 6.07) is 0.591. The second-order valence-electron chi connectivity index (χ2n) is 3.59. The highest BCUT2D eigenvalue weighted by atomic mass is 32.2. The number of aromatic nitrogens is 3. The number of hydrogen-bond donors (Lipinski definition) is 1. The molecule has 1 N–H and O–H groups in total. The van der Waals surface area contributed by atoms with Gasteiger partial charge in [0.15, 0.2) is 5.16 Å². The maximum absolute atomic E-state index is 4.16. The topological polar surface area (TPSA) is 42.7 Å². The molecule has 0 atom stereocenters. The number of aryl methyl sites for hydroxylation is 1. The predicted octanol–water partition coefficient (Wildman–Crippen LogP) is 1.23. The van der Waals surface area contributed by atoms with Crippen LogP contribution in [0.15, 0.2) is 5.16 Å². The molecule has 0 bridgehead atoms. The second-order valence-corrected chi connectivity index (χ2v) is 4.36. The van der Waals surface area contributed by atoms with Gasteiger partial charge >= 0.3 is 0 Å². The van der Waals surface area contributed by atoms with Crippen LogP contribution in [0.5, 0.6) is 0 Å². The van der Waals surface area contributed by atoms with Crippen molar-refractivity contribution in [2.45, 2.75) is 31.0 Å². The third-order valence-electron chi connectivity index (χ3n) is 2.69. The lowest BCUT2D eigenvalue weighted by Crippen LogP contribution is -2.30. The van der Waals surface area contributed by atoms with Crippen molar-refractivity contribution in [2.24, 2.45) is 0 Å². The van der Waals surface area contributed by atoms with Crippen molar-refractivity contribution in [2.75, 3.05) is 19.3 Å². The summed E-state index contributed by atoms with van der Waals surface area (Å²) in [7, 11) is 0. The minimum atomic E-state index is 0.591. The Hall–Kier alpha value is -0.550. The zero-order chi connectivity index (χ0) is 9.97. The summed E-state index contributed by atoms with van der Waals surface area (Å²) in [4.78, 5) is 0. The molecule has 0 saturated carbocycles. The summed E-state index contributed by atoms with van der Waals surface area (Å²) in [6.45, 7) is 4.25. The van der Waals surface area contributed by atoms with Gasteiger partial charge in [-0.2, -0.15) is 0 Å². The van der Waals surface area contributed by atoms with Gasteiger partial charge < -0.3 is 9.88 Å². The van der Waals surface area contributed by atoms with E-state index in [1.54, 1.807) is 11.8 Å². The van der Waals surface area contributed by atoms with Crippen LogP contribution in [-0.2, 0) is 0 Å². The molecule has 14 heavy (non-hydrogen) atoms. The van der Waals surface area contributed by atoms with Crippen molar-refractivity contribution in [3.05, 3.63) is 5.82 Å². The summed E-state index contributed by atoms with van der Waals surface area (Å²) in [5, 5.41) is 12.7. The summed E-state index contributed by atoms with van der Waals surface area (Å²) < 4.78 is 2.28. The normalized spacial score (nSPS) is 18.7. The van der Waals surface area contributed by atoms with E-state index in [1.807, 2.05) is 6.92 Å². The van der Waals surface area contributed by atoms with E-state index >= 15 is 0 Å². The number of hydrogen-bond acceptors (Lipinski definition) is 4. The molecule has 0 spiro atoms. The molecule has 1 fully saturated rings. The molecule has 1 saturated heterocycles. The average molecular weight is 212 g/mol. The summed E-state index contributed by atoms with van der Waals surface area (Å²) in [5.41, 5.74) is 0. The highest BCUT2D eigenvalue weighted by Crippen LogP contribution is 2.25. The smallest absolute Gasteiger partial charge is 0.191 e. The average Bonchev–Trinajstić information content (AvgIpc) is 2.61. The maximum atomic E-state index is 4.16. The minimum Gasteiger partial charge on any atom is -0.317 e. The fourth-order valence-corrected chi connectivity index (χ4v) is 2.57. The fourth-order valence-electron chi connectivity index (χ4n) is 1.97. The van der Waals surface area contributed by atoms with E-state index in [9.17, 15) is 0 Å². The van der Waals surface area contributed by atoms with Crippen LogP contribution in [0.3, 0.4) is 0 Å². The number of nitrogens with one attached hydrogen (secondary N) is 1.